The minimum absolute atomic E-state index is 0.457. The van der Waals surface area contributed by atoms with Gasteiger partial charge in [0, 0.05) is 19.6 Å². The van der Waals surface area contributed by atoms with Crippen LogP contribution in [0.5, 0.6) is 0 Å². The maximum atomic E-state index is 10.4. The highest BCUT2D eigenvalue weighted by Crippen LogP contribution is 2.30. The van der Waals surface area contributed by atoms with Crippen LogP contribution in [-0.2, 0) is 13.1 Å². The Morgan fingerprint density at radius 3 is 2.72 bits per heavy atom. The topological polar surface area (TPSA) is 41.3 Å². The summed E-state index contributed by atoms with van der Waals surface area (Å²) in [6.45, 7) is 6.67. The molecule has 1 heterocycles. The van der Waals surface area contributed by atoms with Gasteiger partial charge in [-0.05, 0) is 39.8 Å². The summed E-state index contributed by atoms with van der Waals surface area (Å²) in [6, 6.07) is 2.14. The second-order valence-electron chi connectivity index (χ2n) is 5.70. The van der Waals surface area contributed by atoms with Gasteiger partial charge in [0.15, 0.2) is 0 Å². The molecule has 0 amide bonds. The zero-order chi connectivity index (χ0) is 13.2. The molecule has 1 N–H and O–H groups in total. The molecule has 1 aromatic rings. The van der Waals surface area contributed by atoms with Gasteiger partial charge < -0.3 is 5.11 Å². The van der Waals surface area contributed by atoms with Gasteiger partial charge in [0.1, 0.15) is 0 Å². The smallest absolute Gasteiger partial charge is 0.0774 e. The molecular formula is C14H25N3O. The molecule has 0 aliphatic heterocycles. The van der Waals surface area contributed by atoms with Crippen LogP contribution in [0.4, 0.5) is 0 Å². The molecule has 0 atom stereocenters. The van der Waals surface area contributed by atoms with Crippen LogP contribution in [0.25, 0.3) is 0 Å². The molecule has 0 radical (unpaired) electrons. The standard InChI is InChI=1S/C14H25N3O/c1-4-17-13(9-12(2)15-17)10-16(3)11-14(18)7-5-6-8-14/h9,18H,4-8,10-11H2,1-3H3. The van der Waals surface area contributed by atoms with Crippen LogP contribution in [0.1, 0.15) is 44.0 Å². The van der Waals surface area contributed by atoms with Gasteiger partial charge in [-0.2, -0.15) is 5.10 Å². The van der Waals surface area contributed by atoms with E-state index in [1.807, 2.05) is 11.6 Å². The Bertz CT molecular complexity index is 394. The van der Waals surface area contributed by atoms with E-state index in [0.717, 1.165) is 51.0 Å². The Labute approximate surface area is 110 Å². The highest BCUT2D eigenvalue weighted by atomic mass is 16.3. The lowest BCUT2D eigenvalue weighted by Crippen LogP contribution is -2.39. The van der Waals surface area contributed by atoms with E-state index < -0.39 is 5.60 Å². The summed E-state index contributed by atoms with van der Waals surface area (Å²) in [4.78, 5) is 2.22. The van der Waals surface area contributed by atoms with E-state index in [1.165, 1.54) is 5.69 Å². The molecule has 2 rings (SSSR count). The van der Waals surface area contributed by atoms with Crippen molar-refractivity contribution in [3.8, 4) is 0 Å². The van der Waals surface area contributed by atoms with Crippen LogP contribution >= 0.6 is 0 Å². The van der Waals surface area contributed by atoms with Crippen LogP contribution in [0, 0.1) is 6.92 Å². The van der Waals surface area contributed by atoms with Gasteiger partial charge in [-0.15, -0.1) is 0 Å². The fourth-order valence-electron chi connectivity index (χ4n) is 3.03. The summed E-state index contributed by atoms with van der Waals surface area (Å²) in [5, 5.41) is 14.9. The lowest BCUT2D eigenvalue weighted by Gasteiger charge is -2.28. The third-order valence-corrected chi connectivity index (χ3v) is 3.82. The van der Waals surface area contributed by atoms with Gasteiger partial charge in [-0.3, -0.25) is 9.58 Å². The highest BCUT2D eigenvalue weighted by Gasteiger charge is 2.32. The Kier molecular flexibility index (Phi) is 4.07. The Hall–Kier alpha value is -0.870. The quantitative estimate of drug-likeness (QED) is 0.869. The summed E-state index contributed by atoms with van der Waals surface area (Å²) in [5.41, 5.74) is 1.85. The molecule has 0 spiro atoms. The van der Waals surface area contributed by atoms with Crippen molar-refractivity contribution in [1.29, 1.82) is 0 Å². The first kappa shape index (κ1) is 13.6. The number of nitrogens with zero attached hydrogens (tertiary/aromatic N) is 3. The second-order valence-corrected chi connectivity index (χ2v) is 5.70. The number of aryl methyl sites for hydroxylation is 2. The van der Waals surface area contributed by atoms with Crippen LogP contribution in [0.15, 0.2) is 6.07 Å². The summed E-state index contributed by atoms with van der Waals surface area (Å²) in [7, 11) is 2.08. The summed E-state index contributed by atoms with van der Waals surface area (Å²) >= 11 is 0. The average Bonchev–Trinajstić information content (AvgIpc) is 2.85. The fraction of sp³-hybridized carbons (Fsp3) is 0.786. The molecule has 102 valence electrons. The third-order valence-electron chi connectivity index (χ3n) is 3.82. The van der Waals surface area contributed by atoms with Crippen molar-refractivity contribution in [1.82, 2.24) is 14.7 Å². The van der Waals surface area contributed by atoms with E-state index >= 15 is 0 Å². The van der Waals surface area contributed by atoms with Crippen LogP contribution in [0.2, 0.25) is 0 Å². The third kappa shape index (κ3) is 3.12. The van der Waals surface area contributed by atoms with E-state index in [1.54, 1.807) is 0 Å². The molecular weight excluding hydrogens is 226 g/mol. The SMILES string of the molecule is CCn1nc(C)cc1CN(C)CC1(O)CCCC1. The number of likely N-dealkylation sites (N-methyl/N-ethyl adjacent to an activating group) is 1. The number of rotatable bonds is 5. The maximum absolute atomic E-state index is 10.4. The molecule has 0 aromatic carbocycles. The summed E-state index contributed by atoms with van der Waals surface area (Å²) in [5.74, 6) is 0. The minimum Gasteiger partial charge on any atom is -0.389 e. The lowest BCUT2D eigenvalue weighted by molar-refractivity contribution is 0.0140. The molecule has 4 nitrogen and oxygen atoms in total. The van der Waals surface area contributed by atoms with E-state index in [4.69, 9.17) is 0 Å². The Morgan fingerprint density at radius 1 is 1.44 bits per heavy atom. The zero-order valence-corrected chi connectivity index (χ0v) is 11.8. The van der Waals surface area contributed by atoms with Gasteiger partial charge in [0.25, 0.3) is 0 Å². The molecule has 18 heavy (non-hydrogen) atoms. The summed E-state index contributed by atoms with van der Waals surface area (Å²) in [6.07, 6.45) is 4.22. The van der Waals surface area contributed by atoms with Crippen molar-refractivity contribution in [3.63, 3.8) is 0 Å². The van der Waals surface area contributed by atoms with Crippen LogP contribution in [0.3, 0.4) is 0 Å². The molecule has 1 fully saturated rings. The van der Waals surface area contributed by atoms with Crippen LogP contribution in [-0.4, -0.2) is 39.0 Å². The Morgan fingerprint density at radius 2 is 2.11 bits per heavy atom. The van der Waals surface area contributed by atoms with Crippen molar-refractivity contribution < 1.29 is 5.11 Å². The van der Waals surface area contributed by atoms with E-state index in [-0.39, 0.29) is 0 Å². The molecule has 0 unspecified atom stereocenters. The first-order valence-electron chi connectivity index (χ1n) is 6.97. The first-order valence-corrected chi connectivity index (χ1v) is 6.97. The Balaban J connectivity index is 1.95. The summed E-state index contributed by atoms with van der Waals surface area (Å²) < 4.78 is 2.05. The lowest BCUT2D eigenvalue weighted by atomic mass is 10.0. The monoisotopic (exact) mass is 251 g/mol. The number of hydrogen-bond donors (Lipinski definition) is 1. The van der Waals surface area contributed by atoms with Gasteiger partial charge in [-0.25, -0.2) is 0 Å². The first-order chi connectivity index (χ1) is 8.52. The molecule has 4 heteroatoms. The number of aromatic nitrogens is 2. The molecule has 1 aliphatic carbocycles. The van der Waals surface area contributed by atoms with Crippen molar-refractivity contribution in [2.75, 3.05) is 13.6 Å². The molecule has 0 saturated heterocycles. The predicted molar refractivity (Wildman–Crippen MR) is 72.4 cm³/mol. The molecule has 1 aliphatic rings. The van der Waals surface area contributed by atoms with E-state index in [9.17, 15) is 5.11 Å². The van der Waals surface area contributed by atoms with Gasteiger partial charge >= 0.3 is 0 Å². The normalized spacial score (nSPS) is 18.7. The van der Waals surface area contributed by atoms with Gasteiger partial charge in [0.05, 0.1) is 17.0 Å². The van der Waals surface area contributed by atoms with Gasteiger partial charge in [0.2, 0.25) is 0 Å². The van der Waals surface area contributed by atoms with Crippen LogP contribution < -0.4 is 0 Å². The fourth-order valence-corrected chi connectivity index (χ4v) is 3.03. The molecule has 0 bridgehead atoms. The number of aliphatic hydroxyl groups is 1. The highest BCUT2D eigenvalue weighted by molar-refractivity contribution is 5.09. The maximum Gasteiger partial charge on any atom is 0.0774 e. The van der Waals surface area contributed by atoms with Crippen molar-refractivity contribution in [3.05, 3.63) is 17.5 Å². The average molecular weight is 251 g/mol. The molecule has 1 saturated carbocycles. The molecule has 1 aromatic heterocycles. The predicted octanol–water partition coefficient (Wildman–Crippen LogP) is 1.95. The van der Waals surface area contributed by atoms with Crippen molar-refractivity contribution in [2.45, 2.75) is 58.2 Å². The zero-order valence-electron chi connectivity index (χ0n) is 11.8. The minimum atomic E-state index is -0.457. The second kappa shape index (κ2) is 5.41. The van der Waals surface area contributed by atoms with Gasteiger partial charge in [-0.1, -0.05) is 12.8 Å². The van der Waals surface area contributed by atoms with E-state index in [0.29, 0.717) is 0 Å². The van der Waals surface area contributed by atoms with E-state index in [2.05, 4.69) is 30.0 Å². The number of hydrogen-bond acceptors (Lipinski definition) is 3. The van der Waals surface area contributed by atoms with Crippen molar-refractivity contribution in [2.24, 2.45) is 0 Å². The van der Waals surface area contributed by atoms with Crippen molar-refractivity contribution >= 4 is 0 Å². The largest absolute Gasteiger partial charge is 0.389 e.